The summed E-state index contributed by atoms with van der Waals surface area (Å²) in [7, 11) is -5.58. The van der Waals surface area contributed by atoms with Gasteiger partial charge < -0.3 is 4.74 Å². The summed E-state index contributed by atoms with van der Waals surface area (Å²) in [4.78, 5) is 10.6. The third-order valence-electron chi connectivity index (χ3n) is 1.12. The topological polar surface area (TPSA) is 80.7 Å². The van der Waals surface area contributed by atoms with E-state index in [0.717, 1.165) is 0 Å². The first kappa shape index (κ1) is 13.8. The molecule has 8 heteroatoms. The SMILES string of the molecule is CCC#CC(=O)OCC(F)(F)S(=O)(=O)O. The van der Waals surface area contributed by atoms with Crippen LogP contribution in [-0.2, 0) is 19.6 Å². The number of hydrogen-bond donors (Lipinski definition) is 1. The molecule has 0 radical (unpaired) electrons. The van der Waals surface area contributed by atoms with Crippen molar-refractivity contribution in [3.05, 3.63) is 0 Å². The summed E-state index contributed by atoms with van der Waals surface area (Å²) in [6, 6.07) is 0. The van der Waals surface area contributed by atoms with E-state index in [1.807, 2.05) is 5.92 Å². The van der Waals surface area contributed by atoms with E-state index in [2.05, 4.69) is 10.7 Å². The highest BCUT2D eigenvalue weighted by Gasteiger charge is 2.45. The number of hydrogen-bond acceptors (Lipinski definition) is 4. The van der Waals surface area contributed by atoms with Crippen LogP contribution in [0.5, 0.6) is 0 Å². The van der Waals surface area contributed by atoms with Gasteiger partial charge in [-0.2, -0.15) is 17.2 Å². The van der Waals surface area contributed by atoms with Gasteiger partial charge in [-0.05, 0) is 0 Å². The molecule has 0 aromatic rings. The Morgan fingerprint density at radius 3 is 2.47 bits per heavy atom. The Morgan fingerprint density at radius 1 is 1.53 bits per heavy atom. The Morgan fingerprint density at radius 2 is 2.07 bits per heavy atom. The van der Waals surface area contributed by atoms with Crippen molar-refractivity contribution >= 4 is 16.1 Å². The summed E-state index contributed by atoms with van der Waals surface area (Å²) in [6.07, 6.45) is 0.323. The fraction of sp³-hybridized carbons (Fsp3) is 0.571. The van der Waals surface area contributed by atoms with Gasteiger partial charge in [-0.25, -0.2) is 4.79 Å². The van der Waals surface area contributed by atoms with Gasteiger partial charge >= 0.3 is 21.3 Å². The first-order valence-electron chi connectivity index (χ1n) is 3.71. The molecule has 0 bridgehead atoms. The average molecular weight is 242 g/mol. The van der Waals surface area contributed by atoms with Crippen LogP contribution >= 0.6 is 0 Å². The van der Waals surface area contributed by atoms with Gasteiger partial charge in [0.1, 0.15) is 0 Å². The van der Waals surface area contributed by atoms with Gasteiger partial charge in [-0.1, -0.05) is 12.8 Å². The largest absolute Gasteiger partial charge is 0.448 e. The fourth-order valence-corrected chi connectivity index (χ4v) is 0.629. The van der Waals surface area contributed by atoms with Gasteiger partial charge in [0.15, 0.2) is 6.61 Å². The molecule has 86 valence electrons. The van der Waals surface area contributed by atoms with Crippen LogP contribution < -0.4 is 0 Å². The van der Waals surface area contributed by atoms with Crippen LogP contribution in [0.4, 0.5) is 8.78 Å². The molecule has 0 amide bonds. The van der Waals surface area contributed by atoms with Crippen LogP contribution in [0.1, 0.15) is 13.3 Å². The molecule has 0 aliphatic heterocycles. The van der Waals surface area contributed by atoms with Crippen LogP contribution in [0.3, 0.4) is 0 Å². The van der Waals surface area contributed by atoms with Crippen LogP contribution in [0.15, 0.2) is 0 Å². The highest BCUT2D eigenvalue weighted by atomic mass is 32.2. The smallest absolute Gasteiger partial charge is 0.402 e. The summed E-state index contributed by atoms with van der Waals surface area (Å²) < 4.78 is 56.9. The van der Waals surface area contributed by atoms with Gasteiger partial charge in [-0.3, -0.25) is 4.55 Å². The second kappa shape index (κ2) is 5.04. The summed E-state index contributed by atoms with van der Waals surface area (Å²) in [6.45, 7) is -0.143. The molecule has 1 N–H and O–H groups in total. The quantitative estimate of drug-likeness (QED) is 0.336. The van der Waals surface area contributed by atoms with Gasteiger partial charge in [-0.15, -0.1) is 0 Å². The maximum atomic E-state index is 12.4. The molecular weight excluding hydrogens is 234 g/mol. The Kier molecular flexibility index (Phi) is 4.64. The maximum absolute atomic E-state index is 12.4. The summed E-state index contributed by atoms with van der Waals surface area (Å²) in [5.74, 6) is 2.80. The third-order valence-corrected chi connectivity index (χ3v) is 1.99. The Bertz CT molecular complexity index is 389. The zero-order valence-electron chi connectivity index (χ0n) is 7.66. The number of carbonyl (C=O) groups excluding carboxylic acids is 1. The van der Waals surface area contributed by atoms with Crippen molar-refractivity contribution in [3.63, 3.8) is 0 Å². The van der Waals surface area contributed by atoms with E-state index in [-0.39, 0.29) is 0 Å². The highest BCUT2D eigenvalue weighted by Crippen LogP contribution is 2.20. The monoisotopic (exact) mass is 242 g/mol. The molecule has 0 heterocycles. The number of carbonyl (C=O) groups is 1. The number of alkyl halides is 2. The second-order valence-electron chi connectivity index (χ2n) is 2.34. The molecule has 0 aliphatic rings. The van der Waals surface area contributed by atoms with Crippen LogP contribution in [0.25, 0.3) is 0 Å². The van der Waals surface area contributed by atoms with Crippen molar-refractivity contribution in [1.29, 1.82) is 0 Å². The fourth-order valence-electron chi connectivity index (χ4n) is 0.421. The minimum absolute atomic E-state index is 0.323. The lowest BCUT2D eigenvalue weighted by atomic mass is 10.5. The zero-order chi connectivity index (χ0) is 12.1. The second-order valence-corrected chi connectivity index (χ2v) is 3.89. The van der Waals surface area contributed by atoms with Crippen molar-refractivity contribution in [3.8, 4) is 11.8 Å². The third kappa shape index (κ3) is 4.71. The minimum Gasteiger partial charge on any atom is -0.448 e. The Labute approximate surface area is 85.2 Å². The highest BCUT2D eigenvalue weighted by molar-refractivity contribution is 7.86. The lowest BCUT2D eigenvalue weighted by molar-refractivity contribution is -0.142. The van der Waals surface area contributed by atoms with Crippen molar-refractivity contribution in [2.75, 3.05) is 6.61 Å². The Hall–Kier alpha value is -1.20. The van der Waals surface area contributed by atoms with Gasteiger partial charge in [0.25, 0.3) is 0 Å². The van der Waals surface area contributed by atoms with Gasteiger partial charge in [0.05, 0.1) is 0 Å². The molecule has 15 heavy (non-hydrogen) atoms. The number of halogens is 2. The van der Waals surface area contributed by atoms with Crippen molar-refractivity contribution < 1.29 is 31.3 Å². The van der Waals surface area contributed by atoms with E-state index in [4.69, 9.17) is 4.55 Å². The molecule has 0 atom stereocenters. The predicted molar refractivity (Wildman–Crippen MR) is 45.5 cm³/mol. The zero-order valence-corrected chi connectivity index (χ0v) is 8.48. The predicted octanol–water partition coefficient (Wildman–Crippen LogP) is 0.424. The lowest BCUT2D eigenvalue weighted by Crippen LogP contribution is -2.34. The van der Waals surface area contributed by atoms with E-state index in [0.29, 0.717) is 6.42 Å². The van der Waals surface area contributed by atoms with Crippen molar-refractivity contribution in [1.82, 2.24) is 0 Å². The molecule has 0 unspecified atom stereocenters. The Balaban J connectivity index is 4.35. The van der Waals surface area contributed by atoms with E-state index >= 15 is 0 Å². The number of esters is 1. The van der Waals surface area contributed by atoms with E-state index in [1.165, 1.54) is 0 Å². The first-order chi connectivity index (χ1) is 6.70. The van der Waals surface area contributed by atoms with Crippen LogP contribution in [0.2, 0.25) is 0 Å². The summed E-state index contributed by atoms with van der Waals surface area (Å²) >= 11 is 0. The first-order valence-corrected chi connectivity index (χ1v) is 5.15. The van der Waals surface area contributed by atoms with Crippen molar-refractivity contribution in [2.45, 2.75) is 18.6 Å². The maximum Gasteiger partial charge on any atom is 0.402 e. The molecule has 0 aromatic carbocycles. The van der Waals surface area contributed by atoms with Crippen molar-refractivity contribution in [2.24, 2.45) is 0 Å². The molecule has 0 aliphatic carbocycles. The molecule has 0 aromatic heterocycles. The number of ether oxygens (including phenoxy) is 1. The summed E-state index contributed by atoms with van der Waals surface area (Å²) in [5.41, 5.74) is 0. The number of rotatable bonds is 3. The van der Waals surface area contributed by atoms with Gasteiger partial charge in [0.2, 0.25) is 0 Å². The normalized spacial score (nSPS) is 11.5. The molecule has 0 saturated carbocycles. The summed E-state index contributed by atoms with van der Waals surface area (Å²) in [5, 5.41) is -4.52. The van der Waals surface area contributed by atoms with E-state index in [9.17, 15) is 22.0 Å². The van der Waals surface area contributed by atoms with E-state index < -0.39 is 27.9 Å². The average Bonchev–Trinajstić information content (AvgIpc) is 2.09. The van der Waals surface area contributed by atoms with Crippen LogP contribution in [-0.4, -0.2) is 30.8 Å². The van der Waals surface area contributed by atoms with Crippen LogP contribution in [0, 0.1) is 11.8 Å². The minimum atomic E-state index is -5.58. The van der Waals surface area contributed by atoms with Gasteiger partial charge in [0, 0.05) is 12.3 Å². The lowest BCUT2D eigenvalue weighted by Gasteiger charge is -2.11. The molecular formula is C7H8F2O5S. The molecule has 0 rings (SSSR count). The molecule has 0 fully saturated rings. The molecule has 0 saturated heterocycles. The standard InChI is InChI=1S/C7H8F2O5S/c1-2-3-4-6(10)14-5-7(8,9)15(11,12)13/h2,5H2,1H3,(H,11,12,13). The molecule has 5 nitrogen and oxygen atoms in total. The van der Waals surface area contributed by atoms with E-state index in [1.54, 1.807) is 6.92 Å². The molecule has 0 spiro atoms.